The molecule has 0 radical (unpaired) electrons. The van der Waals surface area contributed by atoms with Gasteiger partial charge < -0.3 is 0 Å². The third kappa shape index (κ3) is 4.12. The van der Waals surface area contributed by atoms with E-state index in [2.05, 4.69) is 11.9 Å². The molecule has 0 saturated heterocycles. The topological polar surface area (TPSA) is 42.9 Å². The van der Waals surface area contributed by atoms with Gasteiger partial charge in [0.2, 0.25) is 0 Å². The van der Waals surface area contributed by atoms with Crippen LogP contribution in [0.2, 0.25) is 5.02 Å². The Morgan fingerprint density at radius 1 is 0.960 bits per heavy atom. The monoisotopic (exact) mass is 350 g/mol. The van der Waals surface area contributed by atoms with Crippen LogP contribution < -0.4 is 0 Å². The third-order valence-corrected chi connectivity index (χ3v) is 4.30. The number of carbonyl (C=O) groups is 1. The first kappa shape index (κ1) is 17.3. The van der Waals surface area contributed by atoms with Crippen LogP contribution >= 0.6 is 11.6 Å². The van der Waals surface area contributed by atoms with E-state index in [0.717, 1.165) is 53.8 Å². The Balaban J connectivity index is 2.09. The fraction of sp³-hybridized carbons (Fsp3) is 0.190. The van der Waals surface area contributed by atoms with E-state index in [1.54, 1.807) is 12.1 Å². The van der Waals surface area contributed by atoms with Gasteiger partial charge in [0.1, 0.15) is 6.29 Å². The molecular weight excluding hydrogens is 332 g/mol. The highest BCUT2D eigenvalue weighted by molar-refractivity contribution is 6.30. The predicted octanol–water partition coefficient (Wildman–Crippen LogP) is 5.62. The SMILES string of the molecule is CCCCc1cnc(-c2ccc(Cl)cc2)c(-c2ccc(C=O)cc2)n1. The first-order valence-electron chi connectivity index (χ1n) is 8.38. The molecule has 0 fully saturated rings. The zero-order chi connectivity index (χ0) is 17.6. The Morgan fingerprint density at radius 3 is 2.24 bits per heavy atom. The van der Waals surface area contributed by atoms with Gasteiger partial charge in [-0.05, 0) is 25.0 Å². The lowest BCUT2D eigenvalue weighted by Crippen LogP contribution is -1.99. The molecule has 0 spiro atoms. The molecular formula is C21H19ClN2O. The van der Waals surface area contributed by atoms with Gasteiger partial charge in [-0.2, -0.15) is 0 Å². The fourth-order valence-corrected chi connectivity index (χ4v) is 2.77. The number of halogens is 1. The van der Waals surface area contributed by atoms with Crippen LogP contribution in [-0.4, -0.2) is 16.3 Å². The van der Waals surface area contributed by atoms with Crippen molar-refractivity contribution >= 4 is 17.9 Å². The highest BCUT2D eigenvalue weighted by Crippen LogP contribution is 2.30. The summed E-state index contributed by atoms with van der Waals surface area (Å²) in [5.41, 5.74) is 5.18. The fourth-order valence-electron chi connectivity index (χ4n) is 2.64. The molecule has 0 aliphatic carbocycles. The Bertz CT molecular complexity index is 858. The van der Waals surface area contributed by atoms with Crippen LogP contribution in [0.4, 0.5) is 0 Å². The molecule has 3 nitrogen and oxygen atoms in total. The lowest BCUT2D eigenvalue weighted by atomic mass is 10.0. The molecule has 1 aromatic heterocycles. The number of aromatic nitrogens is 2. The number of hydrogen-bond acceptors (Lipinski definition) is 3. The number of carbonyl (C=O) groups excluding carboxylic acids is 1. The maximum absolute atomic E-state index is 10.9. The Kier molecular flexibility index (Phi) is 5.56. The summed E-state index contributed by atoms with van der Waals surface area (Å²) in [7, 11) is 0. The van der Waals surface area contributed by atoms with E-state index in [1.165, 1.54) is 0 Å². The van der Waals surface area contributed by atoms with Crippen LogP contribution in [0.25, 0.3) is 22.5 Å². The molecule has 0 bridgehead atoms. The smallest absolute Gasteiger partial charge is 0.150 e. The first-order chi connectivity index (χ1) is 12.2. The van der Waals surface area contributed by atoms with E-state index in [4.69, 9.17) is 16.6 Å². The molecule has 0 aliphatic heterocycles. The molecule has 0 unspecified atom stereocenters. The number of nitrogens with zero attached hydrogens (tertiary/aromatic N) is 2. The second-order valence-corrected chi connectivity index (χ2v) is 6.35. The maximum Gasteiger partial charge on any atom is 0.150 e. The van der Waals surface area contributed by atoms with Crippen LogP contribution in [0, 0.1) is 0 Å². The number of aldehydes is 1. The molecule has 0 atom stereocenters. The molecule has 4 heteroatoms. The lowest BCUT2D eigenvalue weighted by Gasteiger charge is -2.11. The Hall–Kier alpha value is -2.52. The molecule has 25 heavy (non-hydrogen) atoms. The summed E-state index contributed by atoms with van der Waals surface area (Å²) >= 11 is 6.00. The summed E-state index contributed by atoms with van der Waals surface area (Å²) in [6, 6.07) is 15.0. The minimum Gasteiger partial charge on any atom is -0.298 e. The van der Waals surface area contributed by atoms with Crippen molar-refractivity contribution in [2.45, 2.75) is 26.2 Å². The number of hydrogen-bond donors (Lipinski definition) is 0. The van der Waals surface area contributed by atoms with E-state index in [-0.39, 0.29) is 0 Å². The molecule has 0 amide bonds. The van der Waals surface area contributed by atoms with Crippen molar-refractivity contribution in [3.63, 3.8) is 0 Å². The molecule has 1 heterocycles. The van der Waals surface area contributed by atoms with Gasteiger partial charge in [-0.15, -0.1) is 0 Å². The van der Waals surface area contributed by atoms with Crippen molar-refractivity contribution in [2.75, 3.05) is 0 Å². The van der Waals surface area contributed by atoms with Gasteiger partial charge in [0.05, 0.1) is 17.1 Å². The number of unbranched alkanes of at least 4 members (excludes halogenated alkanes) is 1. The van der Waals surface area contributed by atoms with Crippen LogP contribution in [0.15, 0.2) is 54.7 Å². The van der Waals surface area contributed by atoms with Gasteiger partial charge in [0.25, 0.3) is 0 Å². The summed E-state index contributed by atoms with van der Waals surface area (Å²) in [6.07, 6.45) is 5.79. The first-order valence-corrected chi connectivity index (χ1v) is 8.76. The standard InChI is InChI=1S/C21H19ClN2O/c1-2-3-4-19-13-23-20(16-9-11-18(22)12-10-16)21(24-19)17-7-5-15(14-25)6-8-17/h5-14H,2-4H2,1H3. The van der Waals surface area contributed by atoms with E-state index in [9.17, 15) is 4.79 Å². The van der Waals surface area contributed by atoms with Gasteiger partial charge in [-0.3, -0.25) is 9.78 Å². The Morgan fingerprint density at radius 2 is 1.60 bits per heavy atom. The highest BCUT2D eigenvalue weighted by Gasteiger charge is 2.12. The van der Waals surface area contributed by atoms with E-state index in [1.807, 2.05) is 42.6 Å². The summed E-state index contributed by atoms with van der Waals surface area (Å²) in [5.74, 6) is 0. The average Bonchev–Trinajstić information content (AvgIpc) is 2.67. The molecule has 0 N–H and O–H groups in total. The summed E-state index contributed by atoms with van der Waals surface area (Å²) in [6.45, 7) is 2.16. The lowest BCUT2D eigenvalue weighted by molar-refractivity contribution is 0.112. The summed E-state index contributed by atoms with van der Waals surface area (Å²) < 4.78 is 0. The van der Waals surface area contributed by atoms with E-state index < -0.39 is 0 Å². The number of benzene rings is 2. The molecule has 3 aromatic rings. The maximum atomic E-state index is 10.9. The van der Waals surface area contributed by atoms with E-state index >= 15 is 0 Å². The van der Waals surface area contributed by atoms with Gasteiger partial charge in [0, 0.05) is 27.9 Å². The van der Waals surface area contributed by atoms with Gasteiger partial charge in [-0.25, -0.2) is 4.98 Å². The summed E-state index contributed by atoms with van der Waals surface area (Å²) in [5, 5.41) is 0.688. The van der Waals surface area contributed by atoms with Crippen LogP contribution in [0.3, 0.4) is 0 Å². The molecule has 2 aromatic carbocycles. The van der Waals surface area contributed by atoms with Crippen molar-refractivity contribution in [1.29, 1.82) is 0 Å². The predicted molar refractivity (Wildman–Crippen MR) is 102 cm³/mol. The molecule has 126 valence electrons. The van der Waals surface area contributed by atoms with Crippen molar-refractivity contribution in [3.8, 4) is 22.5 Å². The minimum absolute atomic E-state index is 0.645. The van der Waals surface area contributed by atoms with Crippen molar-refractivity contribution in [2.24, 2.45) is 0 Å². The minimum atomic E-state index is 0.645. The van der Waals surface area contributed by atoms with Gasteiger partial charge in [0.15, 0.2) is 0 Å². The number of rotatable bonds is 6. The quantitative estimate of drug-likeness (QED) is 0.542. The normalized spacial score (nSPS) is 10.6. The second kappa shape index (κ2) is 8.04. The van der Waals surface area contributed by atoms with Gasteiger partial charge >= 0.3 is 0 Å². The number of aryl methyl sites for hydroxylation is 1. The zero-order valence-corrected chi connectivity index (χ0v) is 14.8. The van der Waals surface area contributed by atoms with Crippen molar-refractivity contribution < 1.29 is 4.79 Å². The third-order valence-electron chi connectivity index (χ3n) is 4.05. The summed E-state index contributed by atoms with van der Waals surface area (Å²) in [4.78, 5) is 20.4. The molecule has 0 saturated carbocycles. The molecule has 3 rings (SSSR count). The highest BCUT2D eigenvalue weighted by atomic mass is 35.5. The van der Waals surface area contributed by atoms with Crippen molar-refractivity contribution in [1.82, 2.24) is 9.97 Å². The van der Waals surface area contributed by atoms with Crippen LogP contribution in [-0.2, 0) is 6.42 Å². The van der Waals surface area contributed by atoms with Gasteiger partial charge in [-0.1, -0.05) is 61.3 Å². The molecule has 0 aliphatic rings. The average molecular weight is 351 g/mol. The largest absolute Gasteiger partial charge is 0.298 e. The van der Waals surface area contributed by atoms with Crippen LogP contribution in [0.5, 0.6) is 0 Å². The second-order valence-electron chi connectivity index (χ2n) is 5.91. The van der Waals surface area contributed by atoms with E-state index in [0.29, 0.717) is 10.6 Å². The van der Waals surface area contributed by atoms with Crippen LogP contribution in [0.1, 0.15) is 35.8 Å². The Labute approximate surface area is 152 Å². The van der Waals surface area contributed by atoms with Crippen molar-refractivity contribution in [3.05, 3.63) is 71.0 Å². The zero-order valence-electron chi connectivity index (χ0n) is 14.1.